The molecular formula is C36H41NO12. The molecule has 262 valence electrons. The summed E-state index contributed by atoms with van der Waals surface area (Å²) in [6.07, 6.45) is -0.292. The molecule has 2 saturated carbocycles. The number of carbonyl (C=O) groups excluding carboxylic acids is 5. The summed E-state index contributed by atoms with van der Waals surface area (Å²) in [6.45, 7) is 7.63. The summed E-state index contributed by atoms with van der Waals surface area (Å²) in [4.78, 5) is 69.7. The van der Waals surface area contributed by atoms with Gasteiger partial charge < -0.3 is 33.5 Å². The molecule has 1 spiro atoms. The van der Waals surface area contributed by atoms with Crippen molar-refractivity contribution in [2.24, 2.45) is 11.3 Å². The Bertz CT molecular complexity index is 1620. The van der Waals surface area contributed by atoms with Crippen LogP contribution in [0, 0.1) is 11.3 Å². The summed E-state index contributed by atoms with van der Waals surface area (Å²) in [5.41, 5.74) is -6.55. The highest BCUT2D eigenvalue weighted by Crippen LogP contribution is 2.69. The minimum atomic E-state index is -2.06. The van der Waals surface area contributed by atoms with Gasteiger partial charge in [0.2, 0.25) is 0 Å². The number of hydrogen-bond acceptors (Lipinski definition) is 13. The summed E-state index contributed by atoms with van der Waals surface area (Å²) in [5, 5.41) is 12.5. The van der Waals surface area contributed by atoms with E-state index in [1.165, 1.54) is 44.4 Å². The zero-order chi connectivity index (χ0) is 35.8. The van der Waals surface area contributed by atoms with Gasteiger partial charge in [0.15, 0.2) is 11.7 Å². The molecule has 2 aliphatic carbocycles. The van der Waals surface area contributed by atoms with Crippen LogP contribution in [-0.4, -0.2) is 87.8 Å². The van der Waals surface area contributed by atoms with E-state index in [0.717, 1.165) is 13.8 Å². The Morgan fingerprint density at radius 2 is 1.59 bits per heavy atom. The predicted molar refractivity (Wildman–Crippen MR) is 170 cm³/mol. The monoisotopic (exact) mass is 679 g/mol. The van der Waals surface area contributed by atoms with E-state index in [-0.39, 0.29) is 18.4 Å². The van der Waals surface area contributed by atoms with Crippen LogP contribution in [0.2, 0.25) is 0 Å². The normalized spacial score (nSPS) is 32.8. The third kappa shape index (κ3) is 6.32. The number of pyridine rings is 1. The van der Waals surface area contributed by atoms with Crippen LogP contribution >= 0.6 is 0 Å². The van der Waals surface area contributed by atoms with Crippen LogP contribution in [0.15, 0.2) is 60.9 Å². The Morgan fingerprint density at radius 3 is 2.20 bits per heavy atom. The van der Waals surface area contributed by atoms with E-state index in [1.807, 2.05) is 6.07 Å². The first-order valence-corrected chi connectivity index (χ1v) is 16.0. The van der Waals surface area contributed by atoms with Gasteiger partial charge >= 0.3 is 29.8 Å². The first kappa shape index (κ1) is 35.7. The first-order valence-electron chi connectivity index (χ1n) is 16.0. The average Bonchev–Trinajstić information content (AvgIpc) is 3.23. The number of hydrogen-bond donors (Lipinski definition) is 1. The van der Waals surface area contributed by atoms with E-state index in [1.54, 1.807) is 44.2 Å². The standard InChI is InChI=1S/C36H41NO12/c1-21(38)44-20-35-26(47-27(41)15-14-24-11-8-7-9-12-24)16-17-34(6,43)36(35)30(46-23(3)40)28(33(4,5)49-36)29(45-22(2)39)31(35)48-32(42)25-13-10-18-37-19-25/h7-15,18-19,26,28-31,43H,16-17,20H2,1-6H3. The number of esters is 5. The summed E-state index contributed by atoms with van der Waals surface area (Å²) in [5.74, 6) is -5.00. The van der Waals surface area contributed by atoms with Gasteiger partial charge in [-0.2, -0.15) is 0 Å². The minimum Gasteiger partial charge on any atom is -0.465 e. The summed E-state index contributed by atoms with van der Waals surface area (Å²) >= 11 is 0. The zero-order valence-electron chi connectivity index (χ0n) is 28.2. The largest absolute Gasteiger partial charge is 0.465 e. The van der Waals surface area contributed by atoms with Gasteiger partial charge in [-0.1, -0.05) is 30.3 Å². The van der Waals surface area contributed by atoms with Crippen molar-refractivity contribution in [3.8, 4) is 0 Å². The Kier molecular flexibility index (Phi) is 9.73. The number of aromatic nitrogens is 1. The van der Waals surface area contributed by atoms with Crippen molar-refractivity contribution in [3.05, 3.63) is 72.1 Å². The molecule has 49 heavy (non-hydrogen) atoms. The van der Waals surface area contributed by atoms with Gasteiger partial charge in [-0.05, 0) is 57.4 Å². The Balaban J connectivity index is 1.78. The minimum absolute atomic E-state index is 0.0392. The van der Waals surface area contributed by atoms with Crippen molar-refractivity contribution in [1.82, 2.24) is 4.98 Å². The fourth-order valence-electron chi connectivity index (χ4n) is 8.05. The molecule has 0 amide bonds. The third-order valence-corrected chi connectivity index (χ3v) is 9.78. The first-order chi connectivity index (χ1) is 23.1. The molecule has 0 radical (unpaired) electrons. The van der Waals surface area contributed by atoms with Crippen LogP contribution in [0.25, 0.3) is 6.08 Å². The molecule has 2 heterocycles. The molecule has 13 heteroatoms. The Morgan fingerprint density at radius 1 is 0.898 bits per heavy atom. The van der Waals surface area contributed by atoms with E-state index in [2.05, 4.69) is 4.98 Å². The van der Waals surface area contributed by atoms with Gasteiger partial charge in [-0.15, -0.1) is 0 Å². The van der Waals surface area contributed by atoms with Crippen molar-refractivity contribution >= 4 is 35.9 Å². The van der Waals surface area contributed by atoms with E-state index in [0.29, 0.717) is 5.56 Å². The molecule has 2 aromatic rings. The average molecular weight is 680 g/mol. The van der Waals surface area contributed by atoms with Crippen molar-refractivity contribution in [2.45, 2.75) is 95.6 Å². The number of benzene rings is 1. The fourth-order valence-corrected chi connectivity index (χ4v) is 8.05. The molecule has 8 atom stereocenters. The smallest absolute Gasteiger partial charge is 0.340 e. The van der Waals surface area contributed by atoms with Crippen LogP contribution in [-0.2, 0) is 47.6 Å². The van der Waals surface area contributed by atoms with Crippen molar-refractivity contribution < 1.29 is 57.5 Å². The molecule has 8 unspecified atom stereocenters. The predicted octanol–water partition coefficient (Wildman–Crippen LogP) is 3.37. The summed E-state index contributed by atoms with van der Waals surface area (Å²) in [6, 6.07) is 12.0. The van der Waals surface area contributed by atoms with Gasteiger partial charge in [0, 0.05) is 39.2 Å². The third-order valence-electron chi connectivity index (χ3n) is 9.78. The van der Waals surface area contributed by atoms with E-state index in [9.17, 15) is 29.1 Å². The van der Waals surface area contributed by atoms with Crippen LogP contribution in [0.4, 0.5) is 0 Å². The molecule has 3 aliphatic rings. The molecule has 1 aliphatic heterocycles. The topological polar surface area (TPSA) is 174 Å². The number of rotatable bonds is 9. The number of ether oxygens (including phenoxy) is 6. The van der Waals surface area contributed by atoms with Gasteiger partial charge in [0.25, 0.3) is 0 Å². The Labute approximate surface area is 283 Å². The van der Waals surface area contributed by atoms with Crippen molar-refractivity contribution in [3.63, 3.8) is 0 Å². The van der Waals surface area contributed by atoms with Crippen LogP contribution in [0.1, 0.15) is 70.3 Å². The van der Waals surface area contributed by atoms with Crippen LogP contribution in [0.3, 0.4) is 0 Å². The molecule has 1 aromatic heterocycles. The quantitative estimate of drug-likeness (QED) is 0.232. The van der Waals surface area contributed by atoms with Gasteiger partial charge in [0.05, 0.1) is 22.7 Å². The lowest BCUT2D eigenvalue weighted by atomic mass is 9.46. The molecule has 1 N–H and O–H groups in total. The lowest BCUT2D eigenvalue weighted by Gasteiger charge is -2.65. The molecule has 2 bridgehead atoms. The number of aliphatic hydroxyl groups is 1. The molecular weight excluding hydrogens is 638 g/mol. The van der Waals surface area contributed by atoms with E-state index < -0.39 is 89.0 Å². The highest BCUT2D eigenvalue weighted by atomic mass is 16.6. The maximum Gasteiger partial charge on any atom is 0.340 e. The van der Waals surface area contributed by atoms with Crippen LogP contribution in [0.5, 0.6) is 0 Å². The zero-order valence-corrected chi connectivity index (χ0v) is 28.2. The SMILES string of the molecule is CC(=O)OCC12C(OC(=O)C=Cc3ccccc3)CCC(C)(O)C13OC(C)(C)C(C(OC(C)=O)C2OC(=O)c1cccnc1)C3OC(C)=O. The molecule has 1 aromatic carbocycles. The fraction of sp³-hybridized carbons (Fsp3) is 0.500. The molecule has 1 saturated heterocycles. The Hall–Kier alpha value is -4.62. The highest BCUT2D eigenvalue weighted by Gasteiger charge is 2.87. The lowest BCUT2D eigenvalue weighted by Crippen LogP contribution is -2.83. The number of nitrogens with zero attached hydrogens (tertiary/aromatic N) is 1. The van der Waals surface area contributed by atoms with Crippen molar-refractivity contribution in [1.29, 1.82) is 0 Å². The van der Waals surface area contributed by atoms with E-state index >= 15 is 0 Å². The van der Waals surface area contributed by atoms with Gasteiger partial charge in [0.1, 0.15) is 30.3 Å². The van der Waals surface area contributed by atoms with Crippen LogP contribution < -0.4 is 0 Å². The van der Waals surface area contributed by atoms with Gasteiger partial charge in [-0.3, -0.25) is 19.4 Å². The van der Waals surface area contributed by atoms with Crippen molar-refractivity contribution in [2.75, 3.05) is 6.61 Å². The summed E-state index contributed by atoms with van der Waals surface area (Å²) in [7, 11) is 0. The van der Waals surface area contributed by atoms with E-state index in [4.69, 9.17) is 28.4 Å². The maximum atomic E-state index is 13.9. The molecule has 5 rings (SSSR count). The summed E-state index contributed by atoms with van der Waals surface area (Å²) < 4.78 is 36.9. The molecule has 3 fully saturated rings. The lowest BCUT2D eigenvalue weighted by molar-refractivity contribution is -0.348. The second-order valence-corrected chi connectivity index (χ2v) is 13.4. The second-order valence-electron chi connectivity index (χ2n) is 13.4. The molecule has 13 nitrogen and oxygen atoms in total. The second kappa shape index (κ2) is 13.4. The van der Waals surface area contributed by atoms with Gasteiger partial charge in [-0.25, -0.2) is 9.59 Å². The highest BCUT2D eigenvalue weighted by molar-refractivity contribution is 5.89. The maximum absolute atomic E-state index is 13.9. The number of fused-ring (bicyclic) bond motifs is 1. The number of carbonyl (C=O) groups is 5.